The fraction of sp³-hybridized carbons (Fsp3) is 0.800. The van der Waals surface area contributed by atoms with Crippen LogP contribution in [0, 0.1) is 45.3 Å². The molecule has 1 unspecified atom stereocenters. The maximum Gasteiger partial charge on any atom is 0.146 e. The molecular weight excluding hydrogens is 348 g/mol. The first-order valence-electron chi connectivity index (χ1n) is 11.2. The van der Waals surface area contributed by atoms with E-state index in [2.05, 4.69) is 27.7 Å². The van der Waals surface area contributed by atoms with Gasteiger partial charge in [0.05, 0.1) is 5.92 Å². The number of Topliss-reactive ketones (excluding diaryl/α,β-unsaturated/α-hetero) is 1. The fourth-order valence-corrected chi connectivity index (χ4v) is 8.83. The van der Waals surface area contributed by atoms with E-state index in [1.807, 2.05) is 13.0 Å². The zero-order valence-electron chi connectivity index (χ0n) is 18.2. The Labute approximate surface area is 169 Å². The number of aldehydes is 2. The minimum absolute atomic E-state index is 0.0491. The van der Waals surface area contributed by atoms with Crippen molar-refractivity contribution in [1.29, 1.82) is 0 Å². The van der Waals surface area contributed by atoms with Gasteiger partial charge in [0.1, 0.15) is 18.4 Å². The summed E-state index contributed by atoms with van der Waals surface area (Å²) in [5.41, 5.74) is 0.360. The van der Waals surface area contributed by atoms with Crippen LogP contribution in [0.15, 0.2) is 11.6 Å². The first kappa shape index (κ1) is 20.0. The standard InChI is InChI=1S/C25H36O3/c1-22(2)10-6-11-23(3)18(22)9-12-24(4)19-8-7-16(14-26)17(15-27)25(19,5)21(28)13-20(23)24/h7,14-15,17-20H,6,8-13H2,1-5H3/t17-,18?,19+,20-,23+,24+,25-/m1/s1. The van der Waals surface area contributed by atoms with Crippen LogP contribution in [0.3, 0.4) is 0 Å². The third-order valence-corrected chi connectivity index (χ3v) is 10.2. The van der Waals surface area contributed by atoms with Gasteiger partial charge in [-0.05, 0) is 71.7 Å². The fourth-order valence-electron chi connectivity index (χ4n) is 8.83. The molecule has 0 bridgehead atoms. The second kappa shape index (κ2) is 6.12. The molecule has 3 nitrogen and oxygen atoms in total. The summed E-state index contributed by atoms with van der Waals surface area (Å²) < 4.78 is 0. The van der Waals surface area contributed by atoms with Gasteiger partial charge in [0.25, 0.3) is 0 Å². The molecule has 3 fully saturated rings. The van der Waals surface area contributed by atoms with Crippen LogP contribution in [0.4, 0.5) is 0 Å². The van der Waals surface area contributed by atoms with E-state index in [4.69, 9.17) is 0 Å². The number of ketones is 1. The Morgan fingerprint density at radius 2 is 1.61 bits per heavy atom. The number of fused-ring (bicyclic) bond motifs is 5. The van der Waals surface area contributed by atoms with Crippen molar-refractivity contribution in [1.82, 2.24) is 0 Å². The van der Waals surface area contributed by atoms with Crippen LogP contribution >= 0.6 is 0 Å². The van der Waals surface area contributed by atoms with Crippen molar-refractivity contribution in [2.24, 2.45) is 45.3 Å². The lowest BCUT2D eigenvalue weighted by Gasteiger charge is -2.68. The Morgan fingerprint density at radius 1 is 0.929 bits per heavy atom. The van der Waals surface area contributed by atoms with E-state index in [0.717, 1.165) is 25.4 Å². The van der Waals surface area contributed by atoms with Gasteiger partial charge in [-0.1, -0.05) is 47.1 Å². The minimum Gasteiger partial charge on any atom is -0.303 e. The SMILES string of the molecule is CC1(C)CCC[C@@]2(C)C1CC[C@@]1(C)[C@@H]3CC=C(C=O)[C@@H](C=O)[C@@]3(C)C(=O)C[C@@H]12. The smallest absolute Gasteiger partial charge is 0.146 e. The van der Waals surface area contributed by atoms with Crippen LogP contribution in [0.5, 0.6) is 0 Å². The Kier molecular flexibility index (Phi) is 4.38. The highest BCUT2D eigenvalue weighted by Gasteiger charge is 2.68. The average Bonchev–Trinajstić information content (AvgIpc) is 2.62. The zero-order valence-corrected chi connectivity index (χ0v) is 18.2. The number of hydrogen-bond donors (Lipinski definition) is 0. The normalized spacial score (nSPS) is 49.9. The van der Waals surface area contributed by atoms with E-state index in [-0.39, 0.29) is 22.5 Å². The third-order valence-electron chi connectivity index (χ3n) is 10.2. The van der Waals surface area contributed by atoms with Gasteiger partial charge in [-0.25, -0.2) is 0 Å². The molecule has 4 aliphatic carbocycles. The van der Waals surface area contributed by atoms with Crippen molar-refractivity contribution in [2.45, 2.75) is 79.6 Å². The molecule has 0 saturated heterocycles. The molecule has 0 radical (unpaired) electrons. The molecule has 154 valence electrons. The summed E-state index contributed by atoms with van der Waals surface area (Å²) in [7, 11) is 0. The summed E-state index contributed by atoms with van der Waals surface area (Å²) >= 11 is 0. The summed E-state index contributed by atoms with van der Waals surface area (Å²) in [6, 6.07) is 0. The molecule has 4 aliphatic rings. The predicted octanol–water partition coefficient (Wildman–Crippen LogP) is 5.17. The van der Waals surface area contributed by atoms with Crippen molar-refractivity contribution in [2.75, 3.05) is 0 Å². The van der Waals surface area contributed by atoms with Crippen LogP contribution in [0.2, 0.25) is 0 Å². The molecule has 0 aromatic rings. The van der Waals surface area contributed by atoms with Crippen LogP contribution in [0.25, 0.3) is 0 Å². The van der Waals surface area contributed by atoms with E-state index in [0.29, 0.717) is 29.2 Å². The molecule has 0 spiro atoms. The van der Waals surface area contributed by atoms with Gasteiger partial charge in [-0.2, -0.15) is 0 Å². The van der Waals surface area contributed by atoms with Crippen molar-refractivity contribution in [3.05, 3.63) is 11.6 Å². The highest BCUT2D eigenvalue weighted by molar-refractivity contribution is 5.94. The second-order valence-corrected chi connectivity index (χ2v) is 11.6. The van der Waals surface area contributed by atoms with Crippen molar-refractivity contribution >= 4 is 18.4 Å². The first-order chi connectivity index (χ1) is 13.1. The highest BCUT2D eigenvalue weighted by atomic mass is 16.1. The molecule has 7 atom stereocenters. The van der Waals surface area contributed by atoms with Gasteiger partial charge >= 0.3 is 0 Å². The lowest BCUT2D eigenvalue weighted by molar-refractivity contribution is -0.198. The average molecular weight is 385 g/mol. The number of carbonyl (C=O) groups excluding carboxylic acids is 3. The quantitative estimate of drug-likeness (QED) is 0.617. The van der Waals surface area contributed by atoms with Gasteiger partial charge in [0.2, 0.25) is 0 Å². The maximum atomic E-state index is 13.7. The van der Waals surface area contributed by atoms with E-state index in [1.165, 1.54) is 25.7 Å². The van der Waals surface area contributed by atoms with Crippen LogP contribution in [0.1, 0.15) is 79.6 Å². The minimum atomic E-state index is -0.731. The van der Waals surface area contributed by atoms with Gasteiger partial charge in [0, 0.05) is 11.8 Å². The molecule has 3 saturated carbocycles. The van der Waals surface area contributed by atoms with Crippen LogP contribution < -0.4 is 0 Å². The summed E-state index contributed by atoms with van der Waals surface area (Å²) in [4.78, 5) is 37.3. The highest BCUT2D eigenvalue weighted by Crippen LogP contribution is 2.72. The molecule has 0 heterocycles. The summed E-state index contributed by atoms with van der Waals surface area (Å²) in [5.74, 6) is 0.822. The second-order valence-electron chi connectivity index (χ2n) is 11.6. The molecule has 0 amide bonds. The largest absolute Gasteiger partial charge is 0.303 e. The van der Waals surface area contributed by atoms with Crippen LogP contribution in [-0.4, -0.2) is 18.4 Å². The summed E-state index contributed by atoms with van der Waals surface area (Å²) in [6.07, 6.45) is 11.0. The number of hydrogen-bond acceptors (Lipinski definition) is 3. The van der Waals surface area contributed by atoms with Gasteiger partial charge in [0.15, 0.2) is 0 Å². The van der Waals surface area contributed by atoms with Crippen molar-refractivity contribution in [3.8, 4) is 0 Å². The van der Waals surface area contributed by atoms with Crippen molar-refractivity contribution in [3.63, 3.8) is 0 Å². The molecule has 0 N–H and O–H groups in total. The van der Waals surface area contributed by atoms with Gasteiger partial charge in [-0.3, -0.25) is 9.59 Å². The number of carbonyl (C=O) groups is 3. The summed E-state index contributed by atoms with van der Waals surface area (Å²) in [6.45, 7) is 11.7. The zero-order chi connectivity index (χ0) is 20.5. The van der Waals surface area contributed by atoms with E-state index in [1.54, 1.807) is 0 Å². The summed E-state index contributed by atoms with van der Waals surface area (Å²) in [5, 5.41) is 0. The molecule has 0 aliphatic heterocycles. The molecule has 0 aromatic heterocycles. The lowest BCUT2D eigenvalue weighted by atomic mass is 9.35. The topological polar surface area (TPSA) is 51.2 Å². The van der Waals surface area contributed by atoms with Gasteiger partial charge < -0.3 is 4.79 Å². The number of rotatable bonds is 2. The molecule has 4 rings (SSSR count). The Morgan fingerprint density at radius 3 is 2.25 bits per heavy atom. The van der Waals surface area contributed by atoms with Crippen molar-refractivity contribution < 1.29 is 14.4 Å². The van der Waals surface area contributed by atoms with E-state index < -0.39 is 11.3 Å². The first-order valence-corrected chi connectivity index (χ1v) is 11.2. The van der Waals surface area contributed by atoms with E-state index in [9.17, 15) is 14.4 Å². The maximum absolute atomic E-state index is 13.7. The molecule has 3 heteroatoms. The Bertz CT molecular complexity index is 749. The predicted molar refractivity (Wildman–Crippen MR) is 110 cm³/mol. The van der Waals surface area contributed by atoms with E-state index >= 15 is 0 Å². The van der Waals surface area contributed by atoms with Gasteiger partial charge in [-0.15, -0.1) is 0 Å². The third kappa shape index (κ3) is 2.31. The Hall–Kier alpha value is -1.25. The number of allylic oxidation sites excluding steroid dienone is 2. The lowest BCUT2D eigenvalue weighted by Crippen LogP contribution is -2.65. The monoisotopic (exact) mass is 384 g/mol. The molecular formula is C25H36O3. The molecule has 28 heavy (non-hydrogen) atoms. The Balaban J connectivity index is 1.82. The van der Waals surface area contributed by atoms with Crippen LogP contribution in [-0.2, 0) is 14.4 Å². The molecule has 0 aromatic carbocycles.